The molecule has 1 unspecified atom stereocenters. The standard InChI is InChI=1S/C40H29N/c1-3-27-28-10-4-5-11-29(28)31-13-8-14-32(39(27)31)35-22-25(19-18-24(35)2)26-20-21-38-36(23-26)34-16-9-15-33-30-12-6-7-17-37(30)41(38)40(33)34/h4-23,27H,3H2,1-2H3. The molecule has 41 heavy (non-hydrogen) atoms. The van der Waals surface area contributed by atoms with Crippen LogP contribution in [0.4, 0.5) is 0 Å². The van der Waals surface area contributed by atoms with Crippen molar-refractivity contribution in [2.75, 3.05) is 0 Å². The molecule has 1 heteroatoms. The highest BCUT2D eigenvalue weighted by molar-refractivity contribution is 6.23. The Kier molecular flexibility index (Phi) is 4.64. The van der Waals surface area contributed by atoms with Crippen molar-refractivity contribution >= 4 is 38.1 Å². The summed E-state index contributed by atoms with van der Waals surface area (Å²) in [4.78, 5) is 0. The van der Waals surface area contributed by atoms with Crippen LogP contribution in [0.1, 0.15) is 36.0 Å². The fraction of sp³-hybridized carbons (Fsp3) is 0.100. The average Bonchev–Trinajstić information content (AvgIpc) is 3.66. The first-order chi connectivity index (χ1) is 20.2. The van der Waals surface area contributed by atoms with Gasteiger partial charge in [-0.2, -0.15) is 0 Å². The van der Waals surface area contributed by atoms with Crippen molar-refractivity contribution in [1.29, 1.82) is 0 Å². The smallest absolute Gasteiger partial charge is 0.0620 e. The molecule has 194 valence electrons. The van der Waals surface area contributed by atoms with Crippen LogP contribution in [0.5, 0.6) is 0 Å². The van der Waals surface area contributed by atoms with Gasteiger partial charge in [0.05, 0.1) is 16.6 Å². The van der Waals surface area contributed by atoms with Gasteiger partial charge in [0.1, 0.15) is 0 Å². The maximum Gasteiger partial charge on any atom is 0.0620 e. The van der Waals surface area contributed by atoms with Crippen LogP contribution in [0.15, 0.2) is 121 Å². The lowest BCUT2D eigenvalue weighted by Crippen LogP contribution is -1.98. The van der Waals surface area contributed by atoms with Crippen molar-refractivity contribution in [3.63, 3.8) is 0 Å². The van der Waals surface area contributed by atoms with E-state index in [-0.39, 0.29) is 0 Å². The van der Waals surface area contributed by atoms with E-state index in [2.05, 4.69) is 140 Å². The maximum absolute atomic E-state index is 2.45. The Morgan fingerprint density at radius 3 is 2.05 bits per heavy atom. The van der Waals surface area contributed by atoms with E-state index in [1.807, 2.05) is 0 Å². The third-order valence-corrected chi connectivity index (χ3v) is 9.57. The molecule has 0 N–H and O–H groups in total. The summed E-state index contributed by atoms with van der Waals surface area (Å²) in [6.07, 6.45) is 1.10. The second-order valence-corrected chi connectivity index (χ2v) is 11.6. The number of benzene rings is 6. The number of hydrogen-bond donors (Lipinski definition) is 0. The summed E-state index contributed by atoms with van der Waals surface area (Å²) in [6, 6.07) is 45.4. The molecule has 0 bridgehead atoms. The van der Waals surface area contributed by atoms with Crippen molar-refractivity contribution in [1.82, 2.24) is 4.40 Å². The van der Waals surface area contributed by atoms with Gasteiger partial charge in [0.2, 0.25) is 0 Å². The number of rotatable bonds is 3. The monoisotopic (exact) mass is 523 g/mol. The van der Waals surface area contributed by atoms with Crippen LogP contribution < -0.4 is 0 Å². The highest BCUT2D eigenvalue weighted by Crippen LogP contribution is 2.50. The number of fused-ring (bicyclic) bond motifs is 9. The van der Waals surface area contributed by atoms with Gasteiger partial charge < -0.3 is 4.40 Å². The molecule has 1 aliphatic rings. The topological polar surface area (TPSA) is 4.41 Å². The van der Waals surface area contributed by atoms with Gasteiger partial charge in [-0.1, -0.05) is 104 Å². The first-order valence-corrected chi connectivity index (χ1v) is 14.7. The molecule has 0 radical (unpaired) electrons. The molecule has 0 fully saturated rings. The largest absolute Gasteiger partial charge is 0.308 e. The molecular formula is C40H29N. The molecule has 0 saturated heterocycles. The lowest BCUT2D eigenvalue weighted by atomic mass is 9.85. The maximum atomic E-state index is 2.45. The average molecular weight is 524 g/mol. The number of nitrogens with zero attached hydrogens (tertiary/aromatic N) is 1. The highest BCUT2D eigenvalue weighted by Gasteiger charge is 2.30. The third-order valence-electron chi connectivity index (χ3n) is 9.57. The van der Waals surface area contributed by atoms with Gasteiger partial charge >= 0.3 is 0 Å². The molecule has 0 saturated carbocycles. The Morgan fingerprint density at radius 1 is 0.537 bits per heavy atom. The van der Waals surface area contributed by atoms with E-state index in [1.165, 1.54) is 88.2 Å². The van der Waals surface area contributed by atoms with Crippen molar-refractivity contribution in [2.45, 2.75) is 26.2 Å². The van der Waals surface area contributed by atoms with Gasteiger partial charge in [-0.05, 0) is 87.7 Å². The SMILES string of the molecule is CCC1c2ccccc2-c2cccc(-c3cc(-c4ccc5c(c4)c4cccc6c7ccccc7n5c64)ccc3C)c21. The second-order valence-electron chi connectivity index (χ2n) is 11.6. The fourth-order valence-electron chi connectivity index (χ4n) is 7.74. The summed E-state index contributed by atoms with van der Waals surface area (Å²) >= 11 is 0. The van der Waals surface area contributed by atoms with E-state index in [0.29, 0.717) is 5.92 Å². The summed E-state index contributed by atoms with van der Waals surface area (Å²) < 4.78 is 2.45. The van der Waals surface area contributed by atoms with Crippen molar-refractivity contribution < 1.29 is 0 Å². The van der Waals surface area contributed by atoms with E-state index in [9.17, 15) is 0 Å². The molecule has 8 aromatic rings. The van der Waals surface area contributed by atoms with Crippen molar-refractivity contribution in [3.05, 3.63) is 138 Å². The van der Waals surface area contributed by atoms with Gasteiger partial charge in [0.25, 0.3) is 0 Å². The first kappa shape index (κ1) is 22.9. The quantitative estimate of drug-likeness (QED) is 0.217. The lowest BCUT2D eigenvalue weighted by molar-refractivity contribution is 0.799. The van der Waals surface area contributed by atoms with Crippen LogP contribution in [-0.4, -0.2) is 4.40 Å². The molecule has 0 aliphatic heterocycles. The second kappa shape index (κ2) is 8.32. The number of aryl methyl sites for hydroxylation is 1. The number of hydrogen-bond acceptors (Lipinski definition) is 0. The Bertz CT molecular complexity index is 2320. The Labute approximate surface area is 239 Å². The van der Waals surface area contributed by atoms with E-state index < -0.39 is 0 Å². The Morgan fingerprint density at radius 2 is 1.17 bits per heavy atom. The molecule has 2 aromatic heterocycles. The van der Waals surface area contributed by atoms with Gasteiger partial charge in [-0.3, -0.25) is 0 Å². The van der Waals surface area contributed by atoms with Gasteiger partial charge in [-0.15, -0.1) is 0 Å². The number of aromatic nitrogens is 1. The van der Waals surface area contributed by atoms with E-state index >= 15 is 0 Å². The summed E-state index contributed by atoms with van der Waals surface area (Å²) in [6.45, 7) is 4.57. The van der Waals surface area contributed by atoms with Crippen LogP contribution >= 0.6 is 0 Å². The van der Waals surface area contributed by atoms with Crippen LogP contribution in [0.25, 0.3) is 71.5 Å². The van der Waals surface area contributed by atoms with Crippen LogP contribution in [-0.2, 0) is 0 Å². The zero-order valence-electron chi connectivity index (χ0n) is 23.3. The Hall–Kier alpha value is -4.88. The van der Waals surface area contributed by atoms with Crippen LogP contribution in [0.3, 0.4) is 0 Å². The van der Waals surface area contributed by atoms with Gasteiger partial charge in [-0.25, -0.2) is 0 Å². The molecule has 0 spiro atoms. The summed E-state index contributed by atoms with van der Waals surface area (Å²) in [5.74, 6) is 0.436. The van der Waals surface area contributed by atoms with Gasteiger partial charge in [0.15, 0.2) is 0 Å². The predicted molar refractivity (Wildman–Crippen MR) is 174 cm³/mol. The molecule has 0 amide bonds. The van der Waals surface area contributed by atoms with E-state index in [4.69, 9.17) is 0 Å². The van der Waals surface area contributed by atoms with Crippen LogP contribution in [0.2, 0.25) is 0 Å². The van der Waals surface area contributed by atoms with Crippen LogP contribution in [0, 0.1) is 6.92 Å². The molecule has 2 heterocycles. The Balaban J connectivity index is 1.24. The molecule has 9 rings (SSSR count). The highest BCUT2D eigenvalue weighted by atomic mass is 14.9. The predicted octanol–water partition coefficient (Wildman–Crippen LogP) is 11.0. The fourth-order valence-corrected chi connectivity index (χ4v) is 7.74. The minimum absolute atomic E-state index is 0.436. The summed E-state index contributed by atoms with van der Waals surface area (Å²) in [7, 11) is 0. The lowest BCUT2D eigenvalue weighted by Gasteiger charge is -2.18. The molecule has 1 aliphatic carbocycles. The molecule has 1 atom stereocenters. The minimum Gasteiger partial charge on any atom is -0.308 e. The normalized spacial score (nSPS) is 14.4. The number of para-hydroxylation sites is 2. The van der Waals surface area contributed by atoms with E-state index in [0.717, 1.165) is 6.42 Å². The summed E-state index contributed by atoms with van der Waals surface area (Å²) in [5.41, 5.74) is 16.2. The van der Waals surface area contributed by atoms with Crippen molar-refractivity contribution in [2.24, 2.45) is 0 Å². The zero-order valence-corrected chi connectivity index (χ0v) is 23.3. The third kappa shape index (κ3) is 3.01. The molecule has 6 aromatic carbocycles. The molecule has 1 nitrogen and oxygen atoms in total. The van der Waals surface area contributed by atoms with Crippen molar-refractivity contribution in [3.8, 4) is 33.4 Å². The van der Waals surface area contributed by atoms with E-state index in [1.54, 1.807) is 0 Å². The minimum atomic E-state index is 0.436. The van der Waals surface area contributed by atoms with Gasteiger partial charge in [0, 0.05) is 27.5 Å². The molecular weight excluding hydrogens is 494 g/mol. The first-order valence-electron chi connectivity index (χ1n) is 14.7. The summed E-state index contributed by atoms with van der Waals surface area (Å²) in [5, 5.41) is 5.30. The zero-order chi connectivity index (χ0) is 27.2.